The minimum atomic E-state index is -0.952. The number of fused-ring (bicyclic) bond motifs is 1. The summed E-state index contributed by atoms with van der Waals surface area (Å²) in [7, 11) is 0. The molecule has 2 amide bonds. The zero-order valence-electron chi connectivity index (χ0n) is 15.9. The summed E-state index contributed by atoms with van der Waals surface area (Å²) in [6.07, 6.45) is 2.46. The Hall–Kier alpha value is -3.15. The van der Waals surface area contributed by atoms with E-state index in [1.54, 1.807) is 0 Å². The number of hydrogen-bond donors (Lipinski definition) is 2. The van der Waals surface area contributed by atoms with Crippen molar-refractivity contribution in [2.24, 2.45) is 0 Å². The quantitative estimate of drug-likeness (QED) is 0.723. The summed E-state index contributed by atoms with van der Waals surface area (Å²) in [4.78, 5) is 36.0. The minimum absolute atomic E-state index is 0.183. The van der Waals surface area contributed by atoms with Crippen LogP contribution in [0.4, 0.5) is 5.69 Å². The van der Waals surface area contributed by atoms with Gasteiger partial charge < -0.3 is 15.4 Å². The predicted octanol–water partition coefficient (Wildman–Crippen LogP) is 2.40. The van der Waals surface area contributed by atoms with Gasteiger partial charge in [-0.25, -0.2) is 0 Å². The molecule has 0 spiro atoms. The maximum Gasteiger partial charge on any atom is 0.326 e. The molecule has 1 aliphatic rings. The van der Waals surface area contributed by atoms with Crippen LogP contribution >= 0.6 is 0 Å². The van der Waals surface area contributed by atoms with Gasteiger partial charge in [0, 0.05) is 5.69 Å². The van der Waals surface area contributed by atoms with Crippen molar-refractivity contribution >= 4 is 23.5 Å². The van der Waals surface area contributed by atoms with E-state index in [2.05, 4.69) is 10.6 Å². The molecule has 0 aliphatic heterocycles. The van der Waals surface area contributed by atoms with Crippen molar-refractivity contribution in [2.75, 3.05) is 11.9 Å². The molecule has 1 atom stereocenters. The van der Waals surface area contributed by atoms with Gasteiger partial charge in [0.1, 0.15) is 6.54 Å². The fourth-order valence-corrected chi connectivity index (χ4v) is 3.20. The largest absolute Gasteiger partial charge is 0.451 e. The molecule has 0 heterocycles. The first-order chi connectivity index (χ1) is 13.5. The molecule has 1 aliphatic carbocycles. The lowest BCUT2D eigenvalue weighted by atomic mass is 10.1. The van der Waals surface area contributed by atoms with Crippen molar-refractivity contribution in [3.8, 4) is 0 Å². The molecule has 0 saturated heterocycles. The number of carbonyl (C=O) groups is 3. The molecule has 146 valence electrons. The number of amides is 2. The molecule has 6 nitrogen and oxygen atoms in total. The van der Waals surface area contributed by atoms with Crippen molar-refractivity contribution in [1.29, 1.82) is 0 Å². The first kappa shape index (κ1) is 19.6. The number of anilines is 1. The van der Waals surface area contributed by atoms with Crippen LogP contribution in [0.15, 0.2) is 48.5 Å². The molecule has 0 saturated carbocycles. The summed E-state index contributed by atoms with van der Waals surface area (Å²) < 4.78 is 5.11. The zero-order valence-corrected chi connectivity index (χ0v) is 15.9. The summed E-state index contributed by atoms with van der Waals surface area (Å²) in [5.41, 5.74) is 4.13. The molecule has 2 aromatic rings. The average molecular weight is 380 g/mol. The lowest BCUT2D eigenvalue weighted by molar-refractivity contribution is -0.152. The number of aryl methyl sites for hydroxylation is 2. The maximum absolute atomic E-state index is 12.3. The number of hydrogen-bond acceptors (Lipinski definition) is 4. The Bertz CT molecular complexity index is 864. The molecule has 2 aromatic carbocycles. The maximum atomic E-state index is 12.3. The molecule has 3 rings (SSSR count). The Morgan fingerprint density at radius 2 is 1.79 bits per heavy atom. The predicted molar refractivity (Wildman–Crippen MR) is 106 cm³/mol. The van der Waals surface area contributed by atoms with Crippen molar-refractivity contribution in [2.45, 2.75) is 38.7 Å². The topological polar surface area (TPSA) is 84.5 Å². The number of rotatable bonds is 7. The summed E-state index contributed by atoms with van der Waals surface area (Å²) in [6.45, 7) is 1.23. The molecule has 0 bridgehead atoms. The van der Waals surface area contributed by atoms with Crippen molar-refractivity contribution in [1.82, 2.24) is 5.32 Å². The number of nitrogens with one attached hydrogen (secondary N) is 2. The lowest BCUT2D eigenvalue weighted by Crippen LogP contribution is -2.36. The van der Waals surface area contributed by atoms with Crippen molar-refractivity contribution in [3.63, 3.8) is 0 Å². The monoisotopic (exact) mass is 380 g/mol. The first-order valence-electron chi connectivity index (χ1n) is 9.44. The van der Waals surface area contributed by atoms with Gasteiger partial charge in [0.05, 0.1) is 6.42 Å². The highest BCUT2D eigenvalue weighted by molar-refractivity contribution is 5.95. The second-order valence-corrected chi connectivity index (χ2v) is 6.90. The normalized spacial score (nSPS) is 13.3. The third-order valence-corrected chi connectivity index (χ3v) is 4.68. The van der Waals surface area contributed by atoms with Gasteiger partial charge in [-0.3, -0.25) is 14.4 Å². The smallest absolute Gasteiger partial charge is 0.326 e. The second-order valence-electron chi connectivity index (χ2n) is 6.90. The molecule has 0 fully saturated rings. The van der Waals surface area contributed by atoms with Crippen LogP contribution in [0.2, 0.25) is 0 Å². The van der Waals surface area contributed by atoms with Crippen LogP contribution in [0.5, 0.6) is 0 Å². The van der Waals surface area contributed by atoms with E-state index >= 15 is 0 Å². The number of esters is 1. The van der Waals surface area contributed by atoms with Crippen LogP contribution in [0.25, 0.3) is 0 Å². The molecule has 0 unspecified atom stereocenters. The molecular formula is C22H24N2O4. The second kappa shape index (κ2) is 9.17. The Morgan fingerprint density at radius 3 is 2.57 bits per heavy atom. The number of ether oxygens (including phenoxy) is 1. The van der Waals surface area contributed by atoms with Crippen molar-refractivity contribution < 1.29 is 19.1 Å². The Labute approximate surface area is 164 Å². The summed E-state index contributed by atoms with van der Waals surface area (Å²) in [6, 6.07) is 15.1. The minimum Gasteiger partial charge on any atom is -0.451 e. The van der Waals surface area contributed by atoms with Gasteiger partial charge in [0.15, 0.2) is 6.10 Å². The molecule has 28 heavy (non-hydrogen) atoms. The van der Waals surface area contributed by atoms with Gasteiger partial charge in [-0.15, -0.1) is 0 Å². The van der Waals surface area contributed by atoms with E-state index in [1.807, 2.05) is 48.5 Å². The van der Waals surface area contributed by atoms with Crippen LogP contribution in [0, 0.1) is 0 Å². The highest BCUT2D eigenvalue weighted by atomic mass is 16.5. The van der Waals surface area contributed by atoms with E-state index in [0.29, 0.717) is 5.69 Å². The van der Waals surface area contributed by atoms with Crippen LogP contribution in [-0.4, -0.2) is 30.4 Å². The van der Waals surface area contributed by atoms with Gasteiger partial charge in [-0.2, -0.15) is 0 Å². The molecule has 0 aromatic heterocycles. The van der Waals surface area contributed by atoms with Crippen LogP contribution in [-0.2, 0) is 38.4 Å². The summed E-state index contributed by atoms with van der Waals surface area (Å²) >= 11 is 0. The van der Waals surface area contributed by atoms with E-state index in [9.17, 15) is 14.4 Å². The van der Waals surface area contributed by atoms with E-state index in [1.165, 1.54) is 18.1 Å². The van der Waals surface area contributed by atoms with Crippen LogP contribution in [0.1, 0.15) is 30.0 Å². The van der Waals surface area contributed by atoms with E-state index in [4.69, 9.17) is 4.74 Å². The highest BCUT2D eigenvalue weighted by Gasteiger charge is 2.19. The van der Waals surface area contributed by atoms with Gasteiger partial charge in [0.2, 0.25) is 5.91 Å². The van der Waals surface area contributed by atoms with E-state index in [0.717, 1.165) is 24.8 Å². The van der Waals surface area contributed by atoms with E-state index in [-0.39, 0.29) is 18.9 Å². The highest BCUT2D eigenvalue weighted by Crippen LogP contribution is 2.25. The van der Waals surface area contributed by atoms with Gasteiger partial charge in [-0.1, -0.05) is 36.4 Å². The third kappa shape index (κ3) is 5.42. The Morgan fingerprint density at radius 1 is 1.04 bits per heavy atom. The molecule has 2 N–H and O–H groups in total. The SMILES string of the molecule is C[C@H](OC(=O)CNC(=O)Cc1ccccc1)C(=O)Nc1ccc2c(c1)CCC2. The fraction of sp³-hybridized carbons (Fsp3) is 0.318. The van der Waals surface area contributed by atoms with Crippen LogP contribution in [0.3, 0.4) is 0 Å². The lowest BCUT2D eigenvalue weighted by Gasteiger charge is -2.14. The standard InChI is InChI=1S/C22H24N2O4/c1-15(22(27)24-19-11-10-17-8-5-9-18(17)13-19)28-21(26)14-23-20(25)12-16-6-3-2-4-7-16/h2-4,6-7,10-11,13,15H,5,8-9,12,14H2,1H3,(H,23,25)(H,24,27)/t15-/m0/s1. The third-order valence-electron chi connectivity index (χ3n) is 4.68. The summed E-state index contributed by atoms with van der Waals surface area (Å²) in [5, 5.41) is 5.28. The van der Waals surface area contributed by atoms with E-state index < -0.39 is 18.0 Å². The van der Waals surface area contributed by atoms with Crippen LogP contribution < -0.4 is 10.6 Å². The molecule has 6 heteroatoms. The number of carbonyl (C=O) groups excluding carboxylic acids is 3. The van der Waals surface area contributed by atoms with Gasteiger partial charge in [-0.05, 0) is 55.0 Å². The molecule has 0 radical (unpaired) electrons. The van der Waals surface area contributed by atoms with Gasteiger partial charge >= 0.3 is 5.97 Å². The zero-order chi connectivity index (χ0) is 19.9. The van der Waals surface area contributed by atoms with Gasteiger partial charge in [0.25, 0.3) is 5.91 Å². The molecular weight excluding hydrogens is 356 g/mol. The van der Waals surface area contributed by atoms with Crippen molar-refractivity contribution in [3.05, 3.63) is 65.2 Å². The summed E-state index contributed by atoms with van der Waals surface area (Å²) in [5.74, 6) is -1.33. The Balaban J connectivity index is 1.42. The Kier molecular flexibility index (Phi) is 6.42. The number of benzene rings is 2. The average Bonchev–Trinajstić information content (AvgIpc) is 3.15. The fourth-order valence-electron chi connectivity index (χ4n) is 3.20. The first-order valence-corrected chi connectivity index (χ1v) is 9.44.